The monoisotopic (exact) mass is 400 g/mol. The van der Waals surface area contributed by atoms with Gasteiger partial charge in [-0.2, -0.15) is 5.10 Å². The van der Waals surface area contributed by atoms with E-state index in [2.05, 4.69) is 49.0 Å². The topological polar surface area (TPSA) is 81.2 Å². The van der Waals surface area contributed by atoms with Crippen LogP contribution in [-0.4, -0.2) is 49.8 Å². The summed E-state index contributed by atoms with van der Waals surface area (Å²) >= 11 is 0. The minimum Gasteiger partial charge on any atom is -0.392 e. The molecule has 2 N–H and O–H groups in total. The van der Waals surface area contributed by atoms with Crippen molar-refractivity contribution in [3.8, 4) is 0 Å². The number of H-pyrrole nitrogens is 1. The van der Waals surface area contributed by atoms with Crippen LogP contribution in [0.4, 0.5) is 5.82 Å². The summed E-state index contributed by atoms with van der Waals surface area (Å²) in [4.78, 5) is 13.5. The lowest BCUT2D eigenvalue weighted by atomic mass is 9.97. The van der Waals surface area contributed by atoms with E-state index < -0.39 is 0 Å². The third-order valence-corrected chi connectivity index (χ3v) is 5.34. The van der Waals surface area contributed by atoms with Crippen LogP contribution in [0.5, 0.6) is 0 Å². The number of aliphatic hydroxyl groups is 1. The number of halogens is 1. The Morgan fingerprint density at radius 3 is 2.64 bits per heavy atom. The Bertz CT molecular complexity index is 843. The van der Waals surface area contributed by atoms with Gasteiger partial charge in [0.2, 0.25) is 0 Å². The number of anilines is 1. The van der Waals surface area contributed by atoms with Crippen molar-refractivity contribution in [1.29, 1.82) is 0 Å². The predicted molar refractivity (Wildman–Crippen MR) is 110 cm³/mol. The molecule has 1 fully saturated rings. The first kappa shape index (κ1) is 20.3. The number of rotatable bonds is 5. The number of benzene rings is 1. The molecule has 3 heterocycles. The Labute approximate surface area is 170 Å². The number of hydrogen-bond donors (Lipinski definition) is 2. The number of nitrogens with one attached hydrogen (secondary N) is 1. The van der Waals surface area contributed by atoms with Crippen molar-refractivity contribution in [2.24, 2.45) is 0 Å². The molecule has 2 atom stereocenters. The standard InChI is InChI=1S/C20H24N6O.ClH/c1-15(18-10-23-24-11-18)26-9-8-25(20-12-21-6-7-22-20)13-19(26)17-4-2-16(14-27)3-5-17;/h2-7,10-12,15,19,27H,8-9,13-14H2,1H3,(H,23,24);1H. The van der Waals surface area contributed by atoms with Crippen LogP contribution in [0.15, 0.2) is 55.2 Å². The zero-order chi connectivity index (χ0) is 18.6. The number of aromatic amines is 1. The van der Waals surface area contributed by atoms with E-state index in [0.29, 0.717) is 0 Å². The predicted octanol–water partition coefficient (Wildman–Crippen LogP) is 2.74. The zero-order valence-corrected chi connectivity index (χ0v) is 16.6. The van der Waals surface area contributed by atoms with E-state index in [9.17, 15) is 5.11 Å². The van der Waals surface area contributed by atoms with Crippen LogP contribution in [0, 0.1) is 0 Å². The molecule has 8 heteroatoms. The van der Waals surface area contributed by atoms with Crippen LogP contribution in [-0.2, 0) is 6.61 Å². The van der Waals surface area contributed by atoms with Gasteiger partial charge in [0.05, 0.1) is 25.0 Å². The lowest BCUT2D eigenvalue weighted by molar-refractivity contribution is 0.127. The highest BCUT2D eigenvalue weighted by molar-refractivity contribution is 5.85. The van der Waals surface area contributed by atoms with Gasteiger partial charge in [-0.15, -0.1) is 12.4 Å². The molecule has 1 aliphatic heterocycles. The van der Waals surface area contributed by atoms with Crippen LogP contribution in [0.3, 0.4) is 0 Å². The fraction of sp³-hybridized carbons (Fsp3) is 0.350. The van der Waals surface area contributed by atoms with Crippen LogP contribution in [0.25, 0.3) is 0 Å². The molecule has 148 valence electrons. The van der Waals surface area contributed by atoms with Crippen molar-refractivity contribution in [2.45, 2.75) is 25.6 Å². The summed E-state index contributed by atoms with van der Waals surface area (Å²) in [7, 11) is 0. The lowest BCUT2D eigenvalue weighted by Gasteiger charge is -2.44. The van der Waals surface area contributed by atoms with Gasteiger partial charge in [0, 0.05) is 49.8 Å². The molecule has 7 nitrogen and oxygen atoms in total. The van der Waals surface area contributed by atoms with Gasteiger partial charge in [-0.3, -0.25) is 15.0 Å². The first-order valence-electron chi connectivity index (χ1n) is 9.21. The Morgan fingerprint density at radius 1 is 1.18 bits per heavy atom. The maximum absolute atomic E-state index is 9.35. The van der Waals surface area contributed by atoms with Gasteiger partial charge in [-0.05, 0) is 18.1 Å². The lowest BCUT2D eigenvalue weighted by Crippen LogP contribution is -2.49. The van der Waals surface area contributed by atoms with Gasteiger partial charge >= 0.3 is 0 Å². The van der Waals surface area contributed by atoms with E-state index >= 15 is 0 Å². The van der Waals surface area contributed by atoms with Crippen molar-refractivity contribution in [2.75, 3.05) is 24.5 Å². The number of aliphatic hydroxyl groups excluding tert-OH is 1. The molecule has 2 unspecified atom stereocenters. The van der Waals surface area contributed by atoms with E-state index in [0.717, 1.165) is 31.0 Å². The molecule has 0 radical (unpaired) electrons. The van der Waals surface area contributed by atoms with E-state index in [4.69, 9.17) is 0 Å². The van der Waals surface area contributed by atoms with Crippen molar-refractivity contribution in [1.82, 2.24) is 25.1 Å². The second kappa shape index (κ2) is 9.14. The smallest absolute Gasteiger partial charge is 0.147 e. The Balaban J connectivity index is 0.00000225. The minimum atomic E-state index is 0. The van der Waals surface area contributed by atoms with Gasteiger partial charge in [-0.25, -0.2) is 4.98 Å². The van der Waals surface area contributed by atoms with Gasteiger partial charge in [0.25, 0.3) is 0 Å². The molecular weight excluding hydrogens is 376 g/mol. The maximum atomic E-state index is 9.35. The highest BCUT2D eigenvalue weighted by Crippen LogP contribution is 2.34. The molecule has 0 aliphatic carbocycles. The van der Waals surface area contributed by atoms with Crippen LogP contribution in [0.1, 0.15) is 35.7 Å². The maximum Gasteiger partial charge on any atom is 0.147 e. The fourth-order valence-corrected chi connectivity index (χ4v) is 3.75. The van der Waals surface area contributed by atoms with Gasteiger partial charge < -0.3 is 10.0 Å². The van der Waals surface area contributed by atoms with Crippen molar-refractivity contribution in [3.05, 3.63) is 71.9 Å². The first-order valence-corrected chi connectivity index (χ1v) is 9.21. The normalized spacial score (nSPS) is 18.5. The second-order valence-electron chi connectivity index (χ2n) is 6.87. The SMILES string of the molecule is CC(c1cn[nH]c1)N1CCN(c2cnccn2)CC1c1ccc(CO)cc1.Cl. The summed E-state index contributed by atoms with van der Waals surface area (Å²) in [5, 5.41) is 16.4. The second-order valence-corrected chi connectivity index (χ2v) is 6.87. The molecule has 1 aromatic carbocycles. The third-order valence-electron chi connectivity index (χ3n) is 5.34. The van der Waals surface area contributed by atoms with Crippen LogP contribution < -0.4 is 4.90 Å². The molecule has 2 aromatic heterocycles. The number of piperazine rings is 1. The average molecular weight is 401 g/mol. The van der Waals surface area contributed by atoms with Gasteiger partial charge in [0.15, 0.2) is 0 Å². The van der Waals surface area contributed by atoms with E-state index in [1.165, 1.54) is 11.1 Å². The quantitative estimate of drug-likeness (QED) is 0.685. The van der Waals surface area contributed by atoms with Gasteiger partial charge in [0.1, 0.15) is 5.82 Å². The van der Waals surface area contributed by atoms with Crippen molar-refractivity contribution in [3.63, 3.8) is 0 Å². The van der Waals surface area contributed by atoms with E-state index in [1.54, 1.807) is 12.4 Å². The van der Waals surface area contributed by atoms with Crippen molar-refractivity contribution >= 4 is 18.2 Å². The molecule has 0 saturated carbocycles. The largest absolute Gasteiger partial charge is 0.392 e. The Kier molecular flexibility index (Phi) is 6.61. The zero-order valence-electron chi connectivity index (χ0n) is 15.8. The molecule has 0 bridgehead atoms. The summed E-state index contributed by atoms with van der Waals surface area (Å²) in [6.45, 7) is 4.92. The summed E-state index contributed by atoms with van der Waals surface area (Å²) in [6.07, 6.45) is 9.12. The van der Waals surface area contributed by atoms with E-state index in [1.807, 2.05) is 30.7 Å². The summed E-state index contributed by atoms with van der Waals surface area (Å²) in [6, 6.07) is 8.68. The van der Waals surface area contributed by atoms with E-state index in [-0.39, 0.29) is 31.1 Å². The summed E-state index contributed by atoms with van der Waals surface area (Å²) in [5.74, 6) is 0.907. The minimum absolute atomic E-state index is 0. The molecule has 0 spiro atoms. The number of nitrogens with zero attached hydrogens (tertiary/aromatic N) is 5. The molecule has 1 saturated heterocycles. The summed E-state index contributed by atoms with van der Waals surface area (Å²) in [5.41, 5.74) is 3.34. The average Bonchev–Trinajstić information content (AvgIpc) is 3.28. The summed E-state index contributed by atoms with van der Waals surface area (Å²) < 4.78 is 0. The first-order chi connectivity index (χ1) is 13.3. The molecular formula is C20H25ClN6O. The third kappa shape index (κ3) is 4.16. The van der Waals surface area contributed by atoms with Crippen LogP contribution >= 0.6 is 12.4 Å². The van der Waals surface area contributed by atoms with Crippen molar-refractivity contribution < 1.29 is 5.11 Å². The Morgan fingerprint density at radius 2 is 2.00 bits per heavy atom. The highest BCUT2D eigenvalue weighted by atomic mass is 35.5. The molecule has 3 aromatic rings. The van der Waals surface area contributed by atoms with Gasteiger partial charge in [-0.1, -0.05) is 24.3 Å². The molecule has 4 rings (SSSR count). The Hall–Kier alpha value is -2.48. The van der Waals surface area contributed by atoms with Crippen LogP contribution in [0.2, 0.25) is 0 Å². The molecule has 1 aliphatic rings. The fourth-order valence-electron chi connectivity index (χ4n) is 3.75. The number of hydrogen-bond acceptors (Lipinski definition) is 6. The highest BCUT2D eigenvalue weighted by Gasteiger charge is 2.32. The molecule has 28 heavy (non-hydrogen) atoms. The molecule has 0 amide bonds. The number of aromatic nitrogens is 4.